The van der Waals surface area contributed by atoms with Gasteiger partial charge < -0.3 is 5.73 Å². The third-order valence-electron chi connectivity index (χ3n) is 2.90. The molecule has 0 aliphatic carbocycles. The number of benzene rings is 1. The summed E-state index contributed by atoms with van der Waals surface area (Å²) in [5.41, 5.74) is 8.45. The van der Waals surface area contributed by atoms with Crippen molar-refractivity contribution in [2.24, 2.45) is 5.73 Å². The van der Waals surface area contributed by atoms with Gasteiger partial charge in [-0.1, -0.05) is 52.0 Å². The predicted octanol–water partition coefficient (Wildman–Crippen LogP) is 2.97. The van der Waals surface area contributed by atoms with Gasteiger partial charge in [0.2, 0.25) is 0 Å². The Hall–Kier alpha value is -0.670. The molecule has 0 aromatic heterocycles. The second-order valence-corrected chi connectivity index (χ2v) is 7.06. The minimum Gasteiger partial charge on any atom is -0.323 e. The fourth-order valence-corrected chi connectivity index (χ4v) is 2.53. The summed E-state index contributed by atoms with van der Waals surface area (Å²) < 4.78 is 11.7. The van der Waals surface area contributed by atoms with Gasteiger partial charge in [0, 0.05) is 27.8 Å². The maximum absolute atomic E-state index is 11.7. The van der Waals surface area contributed by atoms with E-state index in [1.165, 1.54) is 5.56 Å². The molecule has 2 nitrogen and oxygen atoms in total. The van der Waals surface area contributed by atoms with Crippen molar-refractivity contribution >= 4 is 10.8 Å². The topological polar surface area (TPSA) is 43.1 Å². The molecule has 3 heteroatoms. The van der Waals surface area contributed by atoms with Crippen LogP contribution >= 0.6 is 0 Å². The Labute approximate surface area is 107 Å². The Kier molecular flexibility index (Phi) is 5.34. The van der Waals surface area contributed by atoms with Gasteiger partial charge >= 0.3 is 0 Å². The van der Waals surface area contributed by atoms with Crippen LogP contribution in [0.5, 0.6) is 0 Å². The third kappa shape index (κ3) is 4.25. The summed E-state index contributed by atoms with van der Waals surface area (Å²) in [5.74, 6) is 1.07. The van der Waals surface area contributed by atoms with Crippen molar-refractivity contribution < 1.29 is 4.21 Å². The first-order chi connectivity index (χ1) is 7.91. The molecule has 1 aromatic carbocycles. The average molecular weight is 253 g/mol. The lowest BCUT2D eigenvalue weighted by Crippen LogP contribution is -2.22. The molecule has 0 saturated carbocycles. The Morgan fingerprint density at radius 1 is 1.06 bits per heavy atom. The fourth-order valence-electron chi connectivity index (χ4n) is 1.59. The van der Waals surface area contributed by atoms with Crippen LogP contribution in [0.3, 0.4) is 0 Å². The van der Waals surface area contributed by atoms with E-state index in [-0.39, 0.29) is 11.3 Å². The van der Waals surface area contributed by atoms with Crippen LogP contribution in [0.2, 0.25) is 0 Å². The first-order valence-corrected chi connectivity index (χ1v) is 7.52. The van der Waals surface area contributed by atoms with Gasteiger partial charge in [-0.3, -0.25) is 4.21 Å². The summed E-state index contributed by atoms with van der Waals surface area (Å²) in [6.45, 7) is 8.26. The smallest absolute Gasteiger partial charge is 0.0431 e. The fraction of sp³-hybridized carbons (Fsp3) is 0.571. The molecule has 2 unspecified atom stereocenters. The first-order valence-electron chi connectivity index (χ1n) is 6.14. The maximum atomic E-state index is 11.7. The summed E-state index contributed by atoms with van der Waals surface area (Å²) in [6, 6.07) is 8.20. The summed E-state index contributed by atoms with van der Waals surface area (Å²) in [5, 5.41) is 0.177. The van der Waals surface area contributed by atoms with Crippen LogP contribution in [-0.2, 0) is 10.8 Å². The summed E-state index contributed by atoms with van der Waals surface area (Å²) in [6.07, 6.45) is 0. The van der Waals surface area contributed by atoms with Crippen molar-refractivity contribution in [2.75, 3.05) is 5.75 Å². The summed E-state index contributed by atoms with van der Waals surface area (Å²) >= 11 is 0. The molecular formula is C14H23NOS. The van der Waals surface area contributed by atoms with Gasteiger partial charge in [0.15, 0.2) is 0 Å². The Balaban J connectivity index is 2.70. The van der Waals surface area contributed by atoms with Crippen LogP contribution in [-0.4, -0.2) is 15.2 Å². The molecule has 2 atom stereocenters. The second-order valence-electron chi connectivity index (χ2n) is 5.02. The highest BCUT2D eigenvalue weighted by molar-refractivity contribution is 7.85. The van der Waals surface area contributed by atoms with Gasteiger partial charge in [-0.15, -0.1) is 0 Å². The SMILES string of the molecule is CC(C)c1ccc(C(N)CS(=O)C(C)C)cc1. The van der Waals surface area contributed by atoms with Crippen molar-refractivity contribution in [3.8, 4) is 0 Å². The molecule has 0 heterocycles. The lowest BCUT2D eigenvalue weighted by atomic mass is 10.00. The van der Waals surface area contributed by atoms with Crippen LogP contribution in [0.4, 0.5) is 0 Å². The van der Waals surface area contributed by atoms with E-state index in [1.54, 1.807) is 0 Å². The first kappa shape index (κ1) is 14.4. The minimum atomic E-state index is -0.841. The van der Waals surface area contributed by atoms with Crippen molar-refractivity contribution in [3.05, 3.63) is 35.4 Å². The summed E-state index contributed by atoms with van der Waals surface area (Å²) in [7, 11) is -0.841. The maximum Gasteiger partial charge on any atom is 0.0431 e. The van der Waals surface area contributed by atoms with Crippen LogP contribution in [0, 0.1) is 0 Å². The largest absolute Gasteiger partial charge is 0.323 e. The highest BCUT2D eigenvalue weighted by atomic mass is 32.2. The number of nitrogens with two attached hydrogens (primary N) is 1. The molecule has 1 rings (SSSR count). The number of rotatable bonds is 5. The van der Waals surface area contributed by atoms with E-state index in [9.17, 15) is 4.21 Å². The quantitative estimate of drug-likeness (QED) is 0.876. The Morgan fingerprint density at radius 2 is 1.53 bits per heavy atom. The molecule has 0 bridgehead atoms. The Morgan fingerprint density at radius 3 is 1.94 bits per heavy atom. The van der Waals surface area contributed by atoms with E-state index in [4.69, 9.17) is 5.73 Å². The van der Waals surface area contributed by atoms with E-state index in [0.29, 0.717) is 11.7 Å². The molecule has 0 radical (unpaired) electrons. The van der Waals surface area contributed by atoms with Gasteiger partial charge in [0.1, 0.15) is 0 Å². The van der Waals surface area contributed by atoms with E-state index in [2.05, 4.69) is 38.1 Å². The van der Waals surface area contributed by atoms with Gasteiger partial charge in [-0.25, -0.2) is 0 Å². The molecule has 96 valence electrons. The third-order valence-corrected chi connectivity index (χ3v) is 4.64. The molecule has 0 fully saturated rings. The normalized spacial score (nSPS) is 15.2. The van der Waals surface area contributed by atoms with Crippen LogP contribution in [0.25, 0.3) is 0 Å². The molecule has 0 aliphatic heterocycles. The molecule has 2 N–H and O–H groups in total. The minimum absolute atomic E-state index is 0.126. The van der Waals surface area contributed by atoms with E-state index in [0.717, 1.165) is 5.56 Å². The lowest BCUT2D eigenvalue weighted by Gasteiger charge is -2.14. The van der Waals surface area contributed by atoms with Gasteiger partial charge in [-0.2, -0.15) is 0 Å². The molecule has 17 heavy (non-hydrogen) atoms. The van der Waals surface area contributed by atoms with Crippen molar-refractivity contribution in [1.29, 1.82) is 0 Å². The van der Waals surface area contributed by atoms with Crippen LogP contribution in [0.15, 0.2) is 24.3 Å². The average Bonchev–Trinajstić information content (AvgIpc) is 2.28. The molecule has 0 saturated heterocycles. The molecule has 1 aromatic rings. The lowest BCUT2D eigenvalue weighted by molar-refractivity contribution is 0.668. The van der Waals surface area contributed by atoms with E-state index in [1.807, 2.05) is 13.8 Å². The van der Waals surface area contributed by atoms with E-state index < -0.39 is 10.8 Å². The highest BCUT2D eigenvalue weighted by Crippen LogP contribution is 2.18. The monoisotopic (exact) mass is 253 g/mol. The molecular weight excluding hydrogens is 230 g/mol. The zero-order valence-corrected chi connectivity index (χ0v) is 12.0. The van der Waals surface area contributed by atoms with Crippen molar-refractivity contribution in [3.63, 3.8) is 0 Å². The molecule has 0 aliphatic rings. The van der Waals surface area contributed by atoms with E-state index >= 15 is 0 Å². The van der Waals surface area contributed by atoms with Crippen molar-refractivity contribution in [2.45, 2.75) is 44.9 Å². The van der Waals surface area contributed by atoms with Gasteiger partial charge in [-0.05, 0) is 17.0 Å². The zero-order valence-electron chi connectivity index (χ0n) is 11.1. The van der Waals surface area contributed by atoms with Crippen LogP contribution < -0.4 is 5.73 Å². The van der Waals surface area contributed by atoms with Crippen molar-refractivity contribution in [1.82, 2.24) is 0 Å². The Bertz CT molecular complexity index is 370. The summed E-state index contributed by atoms with van der Waals surface area (Å²) in [4.78, 5) is 0. The molecule has 0 amide bonds. The standard InChI is InChI=1S/C14H23NOS/c1-10(2)12-5-7-13(8-6-12)14(15)9-17(16)11(3)4/h5-8,10-11,14H,9,15H2,1-4H3. The number of hydrogen-bond donors (Lipinski definition) is 1. The molecule has 0 spiro atoms. The van der Waals surface area contributed by atoms with Gasteiger partial charge in [0.25, 0.3) is 0 Å². The van der Waals surface area contributed by atoms with Gasteiger partial charge in [0.05, 0.1) is 0 Å². The number of hydrogen-bond acceptors (Lipinski definition) is 2. The van der Waals surface area contributed by atoms with Crippen LogP contribution in [0.1, 0.15) is 50.8 Å². The predicted molar refractivity (Wildman–Crippen MR) is 75.6 cm³/mol. The highest BCUT2D eigenvalue weighted by Gasteiger charge is 2.13. The zero-order chi connectivity index (χ0) is 13.0. The second kappa shape index (κ2) is 6.31.